The van der Waals surface area contributed by atoms with Crippen molar-refractivity contribution in [2.75, 3.05) is 0 Å². The van der Waals surface area contributed by atoms with Crippen molar-refractivity contribution < 1.29 is 17.6 Å². The van der Waals surface area contributed by atoms with Gasteiger partial charge in [0.15, 0.2) is 0 Å². The minimum absolute atomic E-state index is 0.0203. The predicted octanol–water partition coefficient (Wildman–Crippen LogP) is 5.51. The molecular weight excluding hydrogens is 317 g/mol. The number of H-pyrrole nitrogens is 1. The molecule has 3 nitrogen and oxygen atoms in total. The van der Waals surface area contributed by atoms with E-state index in [-0.39, 0.29) is 11.3 Å². The molecule has 4 rings (SSSR count). The van der Waals surface area contributed by atoms with Crippen LogP contribution in [-0.2, 0) is 6.18 Å². The topological polar surface area (TPSA) is 41.8 Å². The highest BCUT2D eigenvalue weighted by molar-refractivity contribution is 5.80. The zero-order chi connectivity index (χ0) is 16.7. The molecule has 0 fully saturated rings. The number of furan rings is 1. The predicted molar refractivity (Wildman–Crippen MR) is 84.2 cm³/mol. The lowest BCUT2D eigenvalue weighted by Crippen LogP contribution is -2.06. The second-order valence-corrected chi connectivity index (χ2v) is 5.35. The van der Waals surface area contributed by atoms with Crippen molar-refractivity contribution in [3.05, 3.63) is 66.5 Å². The molecule has 0 amide bonds. The van der Waals surface area contributed by atoms with Gasteiger partial charge in [-0.3, -0.25) is 0 Å². The average molecular weight is 328 g/mol. The van der Waals surface area contributed by atoms with Crippen LogP contribution in [0.1, 0.15) is 5.56 Å². The first-order valence-corrected chi connectivity index (χ1v) is 7.22. The number of halogens is 3. The van der Waals surface area contributed by atoms with Crippen molar-refractivity contribution in [3.63, 3.8) is 0 Å². The highest BCUT2D eigenvalue weighted by Crippen LogP contribution is 2.38. The third-order valence-corrected chi connectivity index (χ3v) is 3.79. The number of fused-ring (bicyclic) bond motifs is 1. The molecule has 0 spiro atoms. The molecule has 24 heavy (non-hydrogen) atoms. The summed E-state index contributed by atoms with van der Waals surface area (Å²) in [5.41, 5.74) is 0.753. The number of aromatic amines is 1. The summed E-state index contributed by atoms with van der Waals surface area (Å²) in [6, 6.07) is 12.3. The van der Waals surface area contributed by atoms with E-state index >= 15 is 0 Å². The molecule has 0 aliphatic rings. The standard InChI is InChI=1S/C18H11F3N2O/c19-18(20,21)14-4-2-1-3-13(14)16-6-5-15(24-16)12-9-11-7-8-22-17(11)23-10-12/h1-10H,(H,22,23). The van der Waals surface area contributed by atoms with Crippen molar-refractivity contribution in [2.45, 2.75) is 6.18 Å². The molecule has 0 bridgehead atoms. The second-order valence-electron chi connectivity index (χ2n) is 5.35. The van der Waals surface area contributed by atoms with Crippen LogP contribution < -0.4 is 0 Å². The fraction of sp³-hybridized carbons (Fsp3) is 0.0556. The van der Waals surface area contributed by atoms with Crippen molar-refractivity contribution >= 4 is 11.0 Å². The van der Waals surface area contributed by atoms with Crippen molar-refractivity contribution in [2.24, 2.45) is 0 Å². The Kier molecular flexibility index (Phi) is 3.19. The molecule has 1 N–H and O–H groups in total. The molecule has 3 aromatic heterocycles. The van der Waals surface area contributed by atoms with Gasteiger partial charge in [-0.2, -0.15) is 13.2 Å². The van der Waals surface area contributed by atoms with Gasteiger partial charge in [-0.15, -0.1) is 0 Å². The third kappa shape index (κ3) is 2.46. The van der Waals surface area contributed by atoms with Crippen molar-refractivity contribution in [1.29, 1.82) is 0 Å². The van der Waals surface area contributed by atoms with Gasteiger partial charge in [0.2, 0.25) is 0 Å². The molecule has 0 aliphatic carbocycles. The number of pyridine rings is 1. The van der Waals surface area contributed by atoms with E-state index in [1.54, 1.807) is 30.6 Å². The maximum absolute atomic E-state index is 13.1. The molecular formula is C18H11F3N2O. The third-order valence-electron chi connectivity index (χ3n) is 3.79. The Balaban J connectivity index is 1.78. The average Bonchev–Trinajstić information content (AvgIpc) is 3.22. The zero-order valence-corrected chi connectivity index (χ0v) is 12.3. The van der Waals surface area contributed by atoms with Gasteiger partial charge in [0, 0.05) is 28.9 Å². The van der Waals surface area contributed by atoms with Gasteiger partial charge in [-0.25, -0.2) is 4.98 Å². The number of benzene rings is 1. The largest absolute Gasteiger partial charge is 0.456 e. The molecule has 6 heteroatoms. The minimum Gasteiger partial charge on any atom is -0.456 e. The first-order chi connectivity index (χ1) is 11.5. The number of nitrogens with zero attached hydrogens (tertiary/aromatic N) is 1. The van der Waals surface area contributed by atoms with Crippen LogP contribution in [0.2, 0.25) is 0 Å². The number of alkyl halides is 3. The Labute approximate surface area is 134 Å². The summed E-state index contributed by atoms with van der Waals surface area (Å²) in [6.07, 6.45) is -1.04. The lowest BCUT2D eigenvalue weighted by atomic mass is 10.1. The van der Waals surface area contributed by atoms with Crippen LogP contribution in [0.15, 0.2) is 65.3 Å². The second kappa shape index (κ2) is 5.26. The van der Waals surface area contributed by atoms with Crippen LogP contribution >= 0.6 is 0 Å². The summed E-state index contributed by atoms with van der Waals surface area (Å²) >= 11 is 0. The Bertz CT molecular complexity index is 1010. The van der Waals surface area contributed by atoms with Gasteiger partial charge in [-0.1, -0.05) is 18.2 Å². The Morgan fingerprint density at radius 1 is 0.958 bits per heavy atom. The molecule has 0 aliphatic heterocycles. The molecule has 3 heterocycles. The van der Waals surface area contributed by atoms with Crippen molar-refractivity contribution in [1.82, 2.24) is 9.97 Å². The van der Waals surface area contributed by atoms with Crippen molar-refractivity contribution in [3.8, 4) is 22.6 Å². The molecule has 1 aromatic carbocycles. The van der Waals surface area contributed by atoms with E-state index in [4.69, 9.17) is 4.42 Å². The van der Waals surface area contributed by atoms with E-state index in [1.807, 2.05) is 12.1 Å². The minimum atomic E-state index is -4.44. The lowest BCUT2D eigenvalue weighted by Gasteiger charge is -2.10. The summed E-state index contributed by atoms with van der Waals surface area (Å²) in [6.45, 7) is 0. The molecule has 0 saturated carbocycles. The molecule has 0 atom stereocenters. The number of hydrogen-bond donors (Lipinski definition) is 1. The number of nitrogens with one attached hydrogen (secondary N) is 1. The monoisotopic (exact) mass is 328 g/mol. The van der Waals surface area contributed by atoms with E-state index in [0.29, 0.717) is 11.3 Å². The molecule has 0 saturated heterocycles. The normalized spacial score (nSPS) is 12.0. The lowest BCUT2D eigenvalue weighted by molar-refractivity contribution is -0.137. The quantitative estimate of drug-likeness (QED) is 0.527. The maximum Gasteiger partial charge on any atom is 0.417 e. The van der Waals surface area contributed by atoms with Gasteiger partial charge in [0.1, 0.15) is 17.2 Å². The maximum atomic E-state index is 13.1. The first kappa shape index (κ1) is 14.6. The summed E-state index contributed by atoms with van der Waals surface area (Å²) in [5.74, 6) is 0.643. The fourth-order valence-electron chi connectivity index (χ4n) is 2.66. The summed E-state index contributed by atoms with van der Waals surface area (Å²) in [4.78, 5) is 7.25. The molecule has 4 aromatic rings. The fourth-order valence-corrected chi connectivity index (χ4v) is 2.66. The molecule has 120 valence electrons. The summed E-state index contributed by atoms with van der Waals surface area (Å²) in [7, 11) is 0. The zero-order valence-electron chi connectivity index (χ0n) is 12.3. The smallest absolute Gasteiger partial charge is 0.417 e. The van der Waals surface area contributed by atoms with E-state index in [1.165, 1.54) is 12.1 Å². The van der Waals surface area contributed by atoms with Gasteiger partial charge < -0.3 is 9.40 Å². The van der Waals surface area contributed by atoms with E-state index in [0.717, 1.165) is 17.1 Å². The van der Waals surface area contributed by atoms with Crippen LogP contribution in [0.5, 0.6) is 0 Å². The SMILES string of the molecule is FC(F)(F)c1ccccc1-c1ccc(-c2cnc3[nH]ccc3c2)o1. The number of rotatable bonds is 2. The summed E-state index contributed by atoms with van der Waals surface area (Å²) in [5, 5.41) is 0.904. The molecule has 0 radical (unpaired) electrons. The highest BCUT2D eigenvalue weighted by Gasteiger charge is 2.34. The summed E-state index contributed by atoms with van der Waals surface area (Å²) < 4.78 is 45.1. The number of aromatic nitrogens is 2. The molecule has 0 unspecified atom stereocenters. The van der Waals surface area contributed by atoms with Crippen LogP contribution in [0, 0.1) is 0 Å². The van der Waals surface area contributed by atoms with E-state index in [9.17, 15) is 13.2 Å². The van der Waals surface area contributed by atoms with Crippen LogP contribution in [0.4, 0.5) is 13.2 Å². The van der Waals surface area contributed by atoms with Gasteiger partial charge in [-0.05, 0) is 30.3 Å². The number of hydrogen-bond acceptors (Lipinski definition) is 2. The van der Waals surface area contributed by atoms with Gasteiger partial charge in [0.05, 0.1) is 5.56 Å². The Morgan fingerprint density at radius 2 is 1.75 bits per heavy atom. The Morgan fingerprint density at radius 3 is 2.58 bits per heavy atom. The van der Waals surface area contributed by atoms with Crippen LogP contribution in [0.3, 0.4) is 0 Å². The van der Waals surface area contributed by atoms with Gasteiger partial charge >= 0.3 is 6.18 Å². The van der Waals surface area contributed by atoms with Crippen LogP contribution in [0.25, 0.3) is 33.7 Å². The van der Waals surface area contributed by atoms with Gasteiger partial charge in [0.25, 0.3) is 0 Å². The first-order valence-electron chi connectivity index (χ1n) is 7.22. The highest BCUT2D eigenvalue weighted by atomic mass is 19.4. The van der Waals surface area contributed by atoms with Crippen LogP contribution in [-0.4, -0.2) is 9.97 Å². The Hall–Kier alpha value is -3.02. The van der Waals surface area contributed by atoms with E-state index in [2.05, 4.69) is 9.97 Å². The van der Waals surface area contributed by atoms with E-state index < -0.39 is 11.7 Å².